The molecule has 1 unspecified atom stereocenters. The van der Waals surface area contributed by atoms with Crippen molar-refractivity contribution < 1.29 is 19.4 Å². The van der Waals surface area contributed by atoms with Crippen LogP contribution in [0.15, 0.2) is 54.6 Å². The molecule has 178 valence electrons. The highest BCUT2D eigenvalue weighted by molar-refractivity contribution is 6.31. The molecule has 34 heavy (non-hydrogen) atoms. The van der Waals surface area contributed by atoms with Crippen molar-refractivity contribution in [3.63, 3.8) is 0 Å². The van der Waals surface area contributed by atoms with Gasteiger partial charge in [-0.15, -0.1) is 0 Å². The predicted molar refractivity (Wildman–Crippen MR) is 135 cm³/mol. The number of carbonyl (C=O) groups is 2. The van der Waals surface area contributed by atoms with Gasteiger partial charge in [-0.2, -0.15) is 0 Å². The van der Waals surface area contributed by atoms with Crippen LogP contribution in [0, 0.1) is 6.92 Å². The molecule has 1 amide bonds. The number of carbonyl (C=O) groups excluding carboxylic acids is 1. The minimum Gasteiger partial charge on any atom is -0.484 e. The summed E-state index contributed by atoms with van der Waals surface area (Å²) in [4.78, 5) is 24.0. The molecular formula is C28H30ClNO4. The van der Waals surface area contributed by atoms with Gasteiger partial charge in [-0.1, -0.05) is 67.3 Å². The van der Waals surface area contributed by atoms with Gasteiger partial charge in [0.2, 0.25) is 0 Å². The summed E-state index contributed by atoms with van der Waals surface area (Å²) in [5.41, 5.74) is 2.69. The van der Waals surface area contributed by atoms with E-state index in [1.165, 1.54) is 6.42 Å². The van der Waals surface area contributed by atoms with Crippen LogP contribution in [-0.4, -0.2) is 29.6 Å². The maximum atomic E-state index is 12.3. The second-order valence-corrected chi connectivity index (χ2v) is 9.47. The first-order valence-corrected chi connectivity index (χ1v) is 12.2. The SMILES string of the molecule is Cc1c(Cl)cccc1C(CC(=O)O)c1ccc2ccc(OCC(=O)NC3CCCCC3)cc2c1. The number of nitrogens with one attached hydrogen (secondary N) is 1. The van der Waals surface area contributed by atoms with Crippen LogP contribution in [0.3, 0.4) is 0 Å². The van der Waals surface area contributed by atoms with Crippen LogP contribution in [-0.2, 0) is 9.59 Å². The third kappa shape index (κ3) is 5.89. The molecule has 2 N–H and O–H groups in total. The second-order valence-electron chi connectivity index (χ2n) is 9.06. The number of hydrogen-bond acceptors (Lipinski definition) is 3. The summed E-state index contributed by atoms with van der Waals surface area (Å²) in [5, 5.41) is 15.2. The lowest BCUT2D eigenvalue weighted by atomic mass is 9.85. The average Bonchev–Trinajstić information content (AvgIpc) is 2.83. The molecule has 0 aliphatic heterocycles. The highest BCUT2D eigenvalue weighted by atomic mass is 35.5. The van der Waals surface area contributed by atoms with Crippen LogP contribution in [0.4, 0.5) is 0 Å². The Balaban J connectivity index is 1.54. The topological polar surface area (TPSA) is 75.6 Å². The molecule has 0 radical (unpaired) electrons. The van der Waals surface area contributed by atoms with Crippen LogP contribution in [0.5, 0.6) is 5.75 Å². The van der Waals surface area contributed by atoms with Crippen molar-refractivity contribution in [2.24, 2.45) is 0 Å². The van der Waals surface area contributed by atoms with Crippen molar-refractivity contribution in [3.8, 4) is 5.75 Å². The number of carboxylic acids is 1. The van der Waals surface area contributed by atoms with Crippen LogP contribution in [0.2, 0.25) is 5.02 Å². The monoisotopic (exact) mass is 479 g/mol. The number of aliphatic carboxylic acids is 1. The summed E-state index contributed by atoms with van der Waals surface area (Å²) in [6.07, 6.45) is 5.60. The highest BCUT2D eigenvalue weighted by Crippen LogP contribution is 2.35. The van der Waals surface area contributed by atoms with Gasteiger partial charge in [-0.25, -0.2) is 0 Å². The Hall–Kier alpha value is -3.05. The fraction of sp³-hybridized carbons (Fsp3) is 0.357. The molecule has 1 saturated carbocycles. The quantitative estimate of drug-likeness (QED) is 0.401. The van der Waals surface area contributed by atoms with Crippen LogP contribution < -0.4 is 10.1 Å². The van der Waals surface area contributed by atoms with E-state index in [-0.39, 0.29) is 30.9 Å². The van der Waals surface area contributed by atoms with Crippen LogP contribution >= 0.6 is 11.6 Å². The molecule has 4 rings (SSSR count). The zero-order valence-electron chi connectivity index (χ0n) is 19.4. The van der Waals surface area contributed by atoms with E-state index in [1.807, 2.05) is 61.5 Å². The number of halogens is 1. The molecule has 0 saturated heterocycles. The fourth-order valence-corrected chi connectivity index (χ4v) is 4.98. The first kappa shape index (κ1) is 24.1. The van der Waals surface area contributed by atoms with Crippen molar-refractivity contribution in [1.82, 2.24) is 5.32 Å². The minimum atomic E-state index is -0.870. The van der Waals surface area contributed by atoms with Gasteiger partial charge < -0.3 is 15.2 Å². The largest absolute Gasteiger partial charge is 0.484 e. The van der Waals surface area contributed by atoms with Gasteiger partial charge in [0, 0.05) is 17.0 Å². The smallest absolute Gasteiger partial charge is 0.304 e. The summed E-state index contributed by atoms with van der Waals surface area (Å²) in [7, 11) is 0. The minimum absolute atomic E-state index is 0.0228. The van der Waals surface area contributed by atoms with Gasteiger partial charge in [0.05, 0.1) is 6.42 Å². The van der Waals surface area contributed by atoms with Crippen molar-refractivity contribution in [2.45, 2.75) is 57.4 Å². The van der Waals surface area contributed by atoms with Crippen molar-refractivity contribution >= 4 is 34.2 Å². The van der Waals surface area contributed by atoms with Crippen molar-refractivity contribution in [2.75, 3.05) is 6.61 Å². The standard InChI is InChI=1S/C28H30ClNO4/c1-18-24(8-5-9-26(18)29)25(16-28(32)33)20-11-10-19-12-13-23(15-21(19)14-20)34-17-27(31)30-22-6-3-2-4-7-22/h5,8-15,22,25H,2-4,6-7,16-17H2,1H3,(H,30,31)(H,32,33). The molecule has 0 bridgehead atoms. The highest BCUT2D eigenvalue weighted by Gasteiger charge is 2.21. The summed E-state index contributed by atoms with van der Waals surface area (Å²) in [5.74, 6) is -0.687. The number of fused-ring (bicyclic) bond motifs is 1. The molecule has 5 nitrogen and oxygen atoms in total. The van der Waals surface area contributed by atoms with E-state index in [2.05, 4.69) is 5.32 Å². The lowest BCUT2D eigenvalue weighted by Gasteiger charge is -2.22. The molecule has 3 aromatic rings. The molecule has 0 spiro atoms. The molecule has 1 atom stereocenters. The van der Waals surface area contributed by atoms with Gasteiger partial charge in [0.25, 0.3) is 5.91 Å². The third-order valence-electron chi connectivity index (χ3n) is 6.64. The Bertz CT molecular complexity index is 1190. The molecular weight excluding hydrogens is 450 g/mol. The number of carboxylic acid groups (broad SMARTS) is 1. The summed E-state index contributed by atoms with van der Waals surface area (Å²) >= 11 is 6.32. The van der Waals surface area contributed by atoms with E-state index in [0.29, 0.717) is 10.8 Å². The van der Waals surface area contributed by atoms with E-state index in [1.54, 1.807) is 0 Å². The van der Waals surface area contributed by atoms with Crippen LogP contribution in [0.25, 0.3) is 10.8 Å². The maximum Gasteiger partial charge on any atom is 0.304 e. The molecule has 6 heteroatoms. The lowest BCUT2D eigenvalue weighted by Crippen LogP contribution is -2.38. The van der Waals surface area contributed by atoms with Gasteiger partial charge >= 0.3 is 5.97 Å². The van der Waals surface area contributed by atoms with E-state index < -0.39 is 5.97 Å². The van der Waals surface area contributed by atoms with Crippen LogP contribution in [0.1, 0.15) is 61.1 Å². The van der Waals surface area contributed by atoms with Gasteiger partial charge in [0.1, 0.15) is 5.75 Å². The van der Waals surface area contributed by atoms with Gasteiger partial charge in [0.15, 0.2) is 6.61 Å². The Kier molecular flexibility index (Phi) is 7.73. The van der Waals surface area contributed by atoms with E-state index in [4.69, 9.17) is 16.3 Å². The summed E-state index contributed by atoms with van der Waals surface area (Å²) in [6.45, 7) is 1.89. The maximum absolute atomic E-state index is 12.3. The average molecular weight is 480 g/mol. The number of hydrogen-bond donors (Lipinski definition) is 2. The normalized spacial score (nSPS) is 15.1. The van der Waals surface area contributed by atoms with Gasteiger partial charge in [-0.05, 0) is 65.4 Å². The number of amides is 1. The fourth-order valence-electron chi connectivity index (χ4n) is 4.80. The Morgan fingerprint density at radius 1 is 1.06 bits per heavy atom. The Morgan fingerprint density at radius 3 is 2.59 bits per heavy atom. The number of benzene rings is 3. The second kappa shape index (κ2) is 10.9. The first-order valence-electron chi connectivity index (χ1n) is 11.8. The summed E-state index contributed by atoms with van der Waals surface area (Å²) < 4.78 is 5.78. The molecule has 1 aliphatic carbocycles. The zero-order valence-corrected chi connectivity index (χ0v) is 20.1. The molecule has 1 fully saturated rings. The Labute approximate surface area is 205 Å². The molecule has 3 aromatic carbocycles. The van der Waals surface area contributed by atoms with Crippen molar-refractivity contribution in [1.29, 1.82) is 0 Å². The first-order chi connectivity index (χ1) is 16.4. The van der Waals surface area contributed by atoms with Crippen molar-refractivity contribution in [3.05, 3.63) is 76.3 Å². The van der Waals surface area contributed by atoms with E-state index in [0.717, 1.165) is 53.1 Å². The number of ether oxygens (including phenoxy) is 1. The van der Waals surface area contributed by atoms with Gasteiger partial charge in [-0.3, -0.25) is 9.59 Å². The number of rotatable bonds is 8. The van der Waals surface area contributed by atoms with E-state index in [9.17, 15) is 14.7 Å². The molecule has 0 heterocycles. The molecule has 1 aliphatic rings. The summed E-state index contributed by atoms with van der Waals surface area (Å²) in [6, 6.07) is 17.5. The predicted octanol–water partition coefficient (Wildman–Crippen LogP) is 6.24. The lowest BCUT2D eigenvalue weighted by molar-refractivity contribution is -0.137. The Morgan fingerprint density at radius 2 is 1.82 bits per heavy atom. The molecule has 0 aromatic heterocycles. The third-order valence-corrected chi connectivity index (χ3v) is 7.05. The van der Waals surface area contributed by atoms with E-state index >= 15 is 0 Å². The zero-order chi connectivity index (χ0) is 24.1.